The Morgan fingerprint density at radius 1 is 1.14 bits per heavy atom. The molecule has 3 aliphatic rings. The molecule has 4 aromatic rings. The average Bonchev–Trinajstić information content (AvgIpc) is 3.63. The van der Waals surface area contributed by atoms with Crippen LogP contribution < -0.4 is 20.3 Å². The molecular formula is C25H30N10O2. The summed E-state index contributed by atoms with van der Waals surface area (Å²) in [5.41, 5.74) is 10.5. The number of nitrogens with one attached hydrogen (secondary N) is 1. The van der Waals surface area contributed by atoms with Crippen LogP contribution in [0.15, 0.2) is 30.7 Å². The summed E-state index contributed by atoms with van der Waals surface area (Å²) in [6.45, 7) is 5.72. The number of nitrogens with zero attached hydrogens (tertiary/aromatic N) is 8. The molecular weight excluding hydrogens is 472 g/mol. The predicted octanol–water partition coefficient (Wildman–Crippen LogP) is 2.01. The van der Waals surface area contributed by atoms with Crippen molar-refractivity contribution in [2.45, 2.75) is 31.9 Å². The number of piperidine rings is 1. The molecule has 0 aromatic carbocycles. The molecule has 0 aliphatic carbocycles. The van der Waals surface area contributed by atoms with Crippen molar-refractivity contribution in [2.24, 2.45) is 18.2 Å². The van der Waals surface area contributed by atoms with E-state index in [1.165, 1.54) is 0 Å². The predicted molar refractivity (Wildman–Crippen MR) is 138 cm³/mol. The van der Waals surface area contributed by atoms with Gasteiger partial charge in [-0.05, 0) is 31.9 Å². The van der Waals surface area contributed by atoms with Crippen LogP contribution in [0.25, 0.3) is 22.4 Å². The number of nitrogens with two attached hydrogens (primary N) is 1. The van der Waals surface area contributed by atoms with Crippen molar-refractivity contribution in [1.29, 1.82) is 0 Å². The van der Waals surface area contributed by atoms with Gasteiger partial charge in [-0.15, -0.1) is 0 Å². The van der Waals surface area contributed by atoms with E-state index in [1.54, 1.807) is 10.9 Å². The highest BCUT2D eigenvalue weighted by atomic mass is 16.5. The van der Waals surface area contributed by atoms with Crippen LogP contribution in [-0.2, 0) is 11.8 Å². The number of aryl methyl sites for hydroxylation is 1. The molecule has 12 nitrogen and oxygen atoms in total. The zero-order valence-corrected chi connectivity index (χ0v) is 21.0. The lowest BCUT2D eigenvalue weighted by molar-refractivity contribution is 0.0974. The fourth-order valence-corrected chi connectivity index (χ4v) is 5.81. The summed E-state index contributed by atoms with van der Waals surface area (Å²) >= 11 is 0. The number of anilines is 3. The van der Waals surface area contributed by atoms with Crippen molar-refractivity contribution in [3.63, 3.8) is 0 Å². The Labute approximate surface area is 213 Å². The van der Waals surface area contributed by atoms with Gasteiger partial charge in [-0.2, -0.15) is 10.2 Å². The molecule has 0 bridgehead atoms. The van der Waals surface area contributed by atoms with Crippen LogP contribution >= 0.6 is 0 Å². The lowest BCUT2D eigenvalue weighted by atomic mass is 9.73. The van der Waals surface area contributed by atoms with Crippen LogP contribution in [-0.4, -0.2) is 79.9 Å². The number of pyridine rings is 1. The summed E-state index contributed by atoms with van der Waals surface area (Å²) in [5, 5.41) is 11.9. The Morgan fingerprint density at radius 2 is 2.00 bits per heavy atom. The highest BCUT2D eigenvalue weighted by Crippen LogP contribution is 2.42. The maximum absolute atomic E-state index is 6.49. The summed E-state index contributed by atoms with van der Waals surface area (Å²) in [6.07, 6.45) is 7.67. The molecule has 2 atom stereocenters. The highest BCUT2D eigenvalue weighted by molar-refractivity contribution is 5.88. The number of hydrogen-bond donors (Lipinski definition) is 2. The van der Waals surface area contributed by atoms with Crippen LogP contribution in [0.1, 0.15) is 19.8 Å². The fourth-order valence-electron chi connectivity index (χ4n) is 5.81. The minimum absolute atomic E-state index is 0.0727. The smallest absolute Gasteiger partial charge is 0.238 e. The topological polar surface area (TPSA) is 136 Å². The molecule has 192 valence electrons. The monoisotopic (exact) mass is 502 g/mol. The van der Waals surface area contributed by atoms with Gasteiger partial charge >= 0.3 is 0 Å². The fraction of sp³-hybridized carbons (Fsp3) is 0.480. The summed E-state index contributed by atoms with van der Waals surface area (Å²) in [5.74, 6) is 2.14. The van der Waals surface area contributed by atoms with Crippen LogP contribution in [0, 0.1) is 5.41 Å². The van der Waals surface area contributed by atoms with Gasteiger partial charge in [0, 0.05) is 43.4 Å². The normalized spacial score (nSPS) is 23.0. The molecule has 4 aromatic heterocycles. The van der Waals surface area contributed by atoms with Gasteiger partial charge in [0.2, 0.25) is 5.88 Å². The number of hydrogen-bond acceptors (Lipinski definition) is 10. The largest absolute Gasteiger partial charge is 0.474 e. The molecule has 1 spiro atoms. The van der Waals surface area contributed by atoms with Crippen molar-refractivity contribution in [1.82, 2.24) is 34.9 Å². The van der Waals surface area contributed by atoms with Crippen LogP contribution in [0.5, 0.6) is 5.88 Å². The van der Waals surface area contributed by atoms with Gasteiger partial charge in [-0.3, -0.25) is 9.78 Å². The van der Waals surface area contributed by atoms with Crippen LogP contribution in [0.2, 0.25) is 0 Å². The van der Waals surface area contributed by atoms with Crippen molar-refractivity contribution in [2.75, 3.05) is 42.6 Å². The molecule has 12 heteroatoms. The van der Waals surface area contributed by atoms with Gasteiger partial charge in [0.1, 0.15) is 18.1 Å². The van der Waals surface area contributed by atoms with Crippen LogP contribution in [0.3, 0.4) is 0 Å². The Kier molecular flexibility index (Phi) is 5.08. The minimum Gasteiger partial charge on any atom is -0.474 e. The first-order valence-electron chi connectivity index (χ1n) is 12.7. The first kappa shape index (κ1) is 22.4. The molecule has 37 heavy (non-hydrogen) atoms. The van der Waals surface area contributed by atoms with E-state index in [9.17, 15) is 0 Å². The molecule has 2 fully saturated rings. The molecule has 3 aliphatic heterocycles. The maximum Gasteiger partial charge on any atom is 0.238 e. The lowest BCUT2D eigenvalue weighted by Crippen LogP contribution is -2.50. The van der Waals surface area contributed by atoms with Crippen LogP contribution in [0.4, 0.5) is 17.3 Å². The summed E-state index contributed by atoms with van der Waals surface area (Å²) < 4.78 is 13.5. The summed E-state index contributed by atoms with van der Waals surface area (Å²) in [7, 11) is 1.89. The molecule has 3 N–H and O–H groups in total. The number of aromatic amines is 1. The van der Waals surface area contributed by atoms with Gasteiger partial charge in [-0.1, -0.05) is 0 Å². The molecule has 0 radical (unpaired) electrons. The zero-order valence-electron chi connectivity index (χ0n) is 21.0. The third kappa shape index (κ3) is 3.62. The van der Waals surface area contributed by atoms with E-state index < -0.39 is 0 Å². The Bertz CT molecular complexity index is 1460. The first-order chi connectivity index (χ1) is 18.0. The SMILES string of the molecule is C[C@@H]1OCC2(CCN(c3cnc4c(N5CCOc6nc(-c7cnn(C)c7)ccc65)n[nH]c4n3)CC2)[C@@H]1N. The average molecular weight is 503 g/mol. The maximum atomic E-state index is 6.49. The quantitative estimate of drug-likeness (QED) is 0.428. The van der Waals surface area contributed by atoms with E-state index >= 15 is 0 Å². The lowest BCUT2D eigenvalue weighted by Gasteiger charge is -2.41. The molecule has 0 amide bonds. The second-order valence-corrected chi connectivity index (χ2v) is 10.3. The van der Waals surface area contributed by atoms with Gasteiger partial charge in [0.05, 0.1) is 37.3 Å². The zero-order chi connectivity index (χ0) is 25.1. The minimum atomic E-state index is 0.0727. The van der Waals surface area contributed by atoms with E-state index in [2.05, 4.69) is 32.0 Å². The van der Waals surface area contributed by atoms with E-state index in [0.29, 0.717) is 24.7 Å². The molecule has 7 heterocycles. The van der Waals surface area contributed by atoms with Crippen molar-refractivity contribution >= 4 is 28.5 Å². The molecule has 0 saturated carbocycles. The second kappa shape index (κ2) is 8.38. The van der Waals surface area contributed by atoms with Gasteiger partial charge < -0.3 is 25.0 Å². The standard InChI is InChI=1S/C25H30N10O2/c1-15-21(26)25(14-37-15)5-7-34(8-6-25)19-12-27-20-22(30-19)31-32-23(20)35-9-10-36-24-18(35)4-3-17(29-24)16-11-28-33(2)13-16/h3-4,11-13,15,21H,5-10,14,26H2,1-2H3,(H,30,31,32)/t15-,21+/m0/s1. The number of fused-ring (bicyclic) bond motifs is 2. The van der Waals surface area contributed by atoms with Gasteiger partial charge in [0.25, 0.3) is 0 Å². The van der Waals surface area contributed by atoms with Crippen molar-refractivity contribution in [3.8, 4) is 17.1 Å². The third-order valence-electron chi connectivity index (χ3n) is 8.11. The summed E-state index contributed by atoms with van der Waals surface area (Å²) in [6, 6.07) is 4.07. The highest BCUT2D eigenvalue weighted by Gasteiger charge is 2.47. The van der Waals surface area contributed by atoms with E-state index in [-0.39, 0.29) is 17.6 Å². The number of aromatic nitrogens is 7. The van der Waals surface area contributed by atoms with Gasteiger partial charge in [-0.25, -0.2) is 15.0 Å². The number of H-pyrrole nitrogens is 1. The van der Waals surface area contributed by atoms with E-state index in [4.69, 9.17) is 30.2 Å². The molecule has 0 unspecified atom stereocenters. The first-order valence-corrected chi connectivity index (χ1v) is 12.7. The van der Waals surface area contributed by atoms with E-state index in [1.807, 2.05) is 31.6 Å². The second-order valence-electron chi connectivity index (χ2n) is 10.3. The third-order valence-corrected chi connectivity index (χ3v) is 8.11. The Balaban J connectivity index is 1.14. The van der Waals surface area contributed by atoms with E-state index in [0.717, 1.165) is 66.6 Å². The molecule has 7 rings (SSSR count). The Morgan fingerprint density at radius 3 is 2.76 bits per heavy atom. The van der Waals surface area contributed by atoms with Crippen molar-refractivity contribution in [3.05, 3.63) is 30.7 Å². The number of ether oxygens (including phenoxy) is 2. The summed E-state index contributed by atoms with van der Waals surface area (Å²) in [4.78, 5) is 18.8. The Hall–Kier alpha value is -3.77. The van der Waals surface area contributed by atoms with Gasteiger partial charge in [0.15, 0.2) is 17.0 Å². The van der Waals surface area contributed by atoms with Crippen molar-refractivity contribution < 1.29 is 9.47 Å². The number of rotatable bonds is 3. The molecule has 2 saturated heterocycles.